The summed E-state index contributed by atoms with van der Waals surface area (Å²) >= 11 is 0. The lowest BCUT2D eigenvalue weighted by atomic mass is 10.0. The monoisotopic (exact) mass is 265 g/mol. The van der Waals surface area contributed by atoms with Gasteiger partial charge in [-0.3, -0.25) is 0 Å². The molecule has 1 heterocycles. The third kappa shape index (κ3) is 5.35. The SMILES string of the molecule is CC(C)CCCC(C)n1cncc1C(N)CC(C)C. The Balaban J connectivity index is 2.60. The third-order valence-electron chi connectivity index (χ3n) is 3.68. The molecule has 1 aromatic rings. The normalized spacial score (nSPS) is 15.2. The van der Waals surface area contributed by atoms with Crippen molar-refractivity contribution in [2.45, 2.75) is 72.4 Å². The molecule has 3 nitrogen and oxygen atoms in total. The van der Waals surface area contributed by atoms with Crippen molar-refractivity contribution in [2.75, 3.05) is 0 Å². The lowest BCUT2D eigenvalue weighted by Crippen LogP contribution is -2.19. The van der Waals surface area contributed by atoms with Crippen LogP contribution >= 0.6 is 0 Å². The number of rotatable bonds is 8. The first-order valence-corrected chi connectivity index (χ1v) is 7.69. The second kappa shape index (κ2) is 7.68. The summed E-state index contributed by atoms with van der Waals surface area (Å²) < 4.78 is 2.27. The molecule has 0 bridgehead atoms. The summed E-state index contributed by atoms with van der Waals surface area (Å²) in [5.41, 5.74) is 7.48. The average Bonchev–Trinajstić information content (AvgIpc) is 2.76. The third-order valence-corrected chi connectivity index (χ3v) is 3.68. The van der Waals surface area contributed by atoms with Crippen molar-refractivity contribution in [3.63, 3.8) is 0 Å². The van der Waals surface area contributed by atoms with Crippen LogP contribution in [0.2, 0.25) is 0 Å². The Morgan fingerprint density at radius 2 is 1.79 bits per heavy atom. The molecule has 0 aliphatic heterocycles. The highest BCUT2D eigenvalue weighted by Gasteiger charge is 2.16. The number of nitrogens with zero attached hydrogens (tertiary/aromatic N) is 2. The zero-order valence-corrected chi connectivity index (χ0v) is 13.3. The van der Waals surface area contributed by atoms with E-state index in [0.29, 0.717) is 12.0 Å². The minimum Gasteiger partial charge on any atom is -0.330 e. The molecule has 19 heavy (non-hydrogen) atoms. The first-order valence-electron chi connectivity index (χ1n) is 7.69. The van der Waals surface area contributed by atoms with Crippen molar-refractivity contribution in [3.8, 4) is 0 Å². The fraction of sp³-hybridized carbons (Fsp3) is 0.812. The molecule has 0 aromatic carbocycles. The maximum Gasteiger partial charge on any atom is 0.0951 e. The van der Waals surface area contributed by atoms with Gasteiger partial charge in [-0.2, -0.15) is 0 Å². The van der Waals surface area contributed by atoms with Gasteiger partial charge in [0.1, 0.15) is 0 Å². The van der Waals surface area contributed by atoms with Gasteiger partial charge in [0, 0.05) is 18.3 Å². The van der Waals surface area contributed by atoms with E-state index < -0.39 is 0 Å². The zero-order chi connectivity index (χ0) is 14.4. The maximum absolute atomic E-state index is 6.30. The smallest absolute Gasteiger partial charge is 0.0951 e. The van der Waals surface area contributed by atoms with Crippen LogP contribution < -0.4 is 5.73 Å². The molecule has 0 aliphatic carbocycles. The van der Waals surface area contributed by atoms with E-state index in [4.69, 9.17) is 5.73 Å². The number of imidazole rings is 1. The topological polar surface area (TPSA) is 43.8 Å². The summed E-state index contributed by atoms with van der Waals surface area (Å²) in [4.78, 5) is 4.30. The summed E-state index contributed by atoms with van der Waals surface area (Å²) in [5.74, 6) is 1.41. The summed E-state index contributed by atoms with van der Waals surface area (Å²) in [5, 5.41) is 0. The second-order valence-electron chi connectivity index (χ2n) is 6.64. The largest absolute Gasteiger partial charge is 0.330 e. The molecule has 2 unspecified atom stereocenters. The molecule has 3 heteroatoms. The second-order valence-corrected chi connectivity index (χ2v) is 6.64. The molecular formula is C16H31N3. The Hall–Kier alpha value is -0.830. The van der Waals surface area contributed by atoms with Gasteiger partial charge < -0.3 is 10.3 Å². The predicted octanol–water partition coefficient (Wildman–Crippen LogP) is 4.32. The van der Waals surface area contributed by atoms with E-state index in [2.05, 4.69) is 44.2 Å². The van der Waals surface area contributed by atoms with E-state index in [9.17, 15) is 0 Å². The van der Waals surface area contributed by atoms with Gasteiger partial charge in [0.15, 0.2) is 0 Å². The van der Waals surface area contributed by atoms with Crippen LogP contribution in [0, 0.1) is 11.8 Å². The van der Waals surface area contributed by atoms with Crippen molar-refractivity contribution in [3.05, 3.63) is 18.2 Å². The van der Waals surface area contributed by atoms with Gasteiger partial charge in [-0.25, -0.2) is 4.98 Å². The van der Waals surface area contributed by atoms with Crippen LogP contribution in [0.25, 0.3) is 0 Å². The quantitative estimate of drug-likeness (QED) is 0.761. The number of nitrogens with two attached hydrogens (primary N) is 1. The Morgan fingerprint density at radius 3 is 2.37 bits per heavy atom. The highest BCUT2D eigenvalue weighted by molar-refractivity contribution is 5.06. The van der Waals surface area contributed by atoms with E-state index in [-0.39, 0.29) is 6.04 Å². The molecule has 110 valence electrons. The van der Waals surface area contributed by atoms with Crippen LogP contribution in [0.1, 0.15) is 78.1 Å². The summed E-state index contributed by atoms with van der Waals surface area (Å²) in [7, 11) is 0. The lowest BCUT2D eigenvalue weighted by molar-refractivity contribution is 0.417. The molecule has 1 aromatic heterocycles. The molecule has 0 amide bonds. The van der Waals surface area contributed by atoms with Gasteiger partial charge in [-0.1, -0.05) is 40.5 Å². The molecule has 1 rings (SSSR count). The summed E-state index contributed by atoms with van der Waals surface area (Å²) in [6, 6.07) is 0.601. The predicted molar refractivity (Wildman–Crippen MR) is 82.0 cm³/mol. The maximum atomic E-state index is 6.30. The Morgan fingerprint density at radius 1 is 1.11 bits per heavy atom. The van der Waals surface area contributed by atoms with Gasteiger partial charge in [0.2, 0.25) is 0 Å². The molecule has 2 atom stereocenters. The molecular weight excluding hydrogens is 234 g/mol. The van der Waals surface area contributed by atoms with E-state index in [1.54, 1.807) is 0 Å². The Labute approximate surface area is 118 Å². The zero-order valence-electron chi connectivity index (χ0n) is 13.3. The van der Waals surface area contributed by atoms with Crippen LogP contribution in [0.3, 0.4) is 0 Å². The van der Waals surface area contributed by atoms with Gasteiger partial charge in [0.25, 0.3) is 0 Å². The molecule has 0 saturated heterocycles. The van der Waals surface area contributed by atoms with Crippen molar-refractivity contribution in [2.24, 2.45) is 17.6 Å². The number of hydrogen-bond donors (Lipinski definition) is 1. The Kier molecular flexibility index (Phi) is 6.56. The van der Waals surface area contributed by atoms with Crippen molar-refractivity contribution < 1.29 is 0 Å². The minimum absolute atomic E-state index is 0.107. The van der Waals surface area contributed by atoms with Gasteiger partial charge in [0.05, 0.1) is 12.0 Å². The average molecular weight is 265 g/mol. The lowest BCUT2D eigenvalue weighted by Gasteiger charge is -2.21. The van der Waals surface area contributed by atoms with Gasteiger partial charge in [-0.05, 0) is 31.6 Å². The van der Waals surface area contributed by atoms with Crippen LogP contribution in [-0.4, -0.2) is 9.55 Å². The van der Waals surface area contributed by atoms with E-state index in [1.165, 1.54) is 25.0 Å². The first-order chi connectivity index (χ1) is 8.91. The minimum atomic E-state index is 0.107. The van der Waals surface area contributed by atoms with Crippen LogP contribution in [0.4, 0.5) is 0 Å². The Bertz CT molecular complexity index is 355. The van der Waals surface area contributed by atoms with E-state index >= 15 is 0 Å². The highest BCUT2D eigenvalue weighted by Crippen LogP contribution is 2.24. The fourth-order valence-electron chi connectivity index (χ4n) is 2.56. The number of aromatic nitrogens is 2. The van der Waals surface area contributed by atoms with Gasteiger partial charge in [-0.15, -0.1) is 0 Å². The van der Waals surface area contributed by atoms with Crippen molar-refractivity contribution >= 4 is 0 Å². The molecule has 0 saturated carbocycles. The molecule has 0 radical (unpaired) electrons. The molecule has 0 aliphatic rings. The standard InChI is InChI=1S/C16H31N3/c1-12(2)7-6-8-14(5)19-11-18-10-16(19)15(17)9-13(3)4/h10-15H,6-9,17H2,1-5H3. The molecule has 0 spiro atoms. The highest BCUT2D eigenvalue weighted by atomic mass is 15.1. The van der Waals surface area contributed by atoms with E-state index in [0.717, 1.165) is 12.3 Å². The van der Waals surface area contributed by atoms with Crippen LogP contribution in [-0.2, 0) is 0 Å². The fourth-order valence-corrected chi connectivity index (χ4v) is 2.56. The van der Waals surface area contributed by atoms with Crippen LogP contribution in [0.15, 0.2) is 12.5 Å². The van der Waals surface area contributed by atoms with Crippen LogP contribution in [0.5, 0.6) is 0 Å². The molecule has 2 N–H and O–H groups in total. The summed E-state index contributed by atoms with van der Waals surface area (Å²) in [6.07, 6.45) is 8.67. The molecule has 0 fully saturated rings. The van der Waals surface area contributed by atoms with Gasteiger partial charge >= 0.3 is 0 Å². The first kappa shape index (κ1) is 16.2. The number of hydrogen-bond acceptors (Lipinski definition) is 2. The van der Waals surface area contributed by atoms with E-state index in [1.807, 2.05) is 12.5 Å². The van der Waals surface area contributed by atoms with Crippen molar-refractivity contribution in [1.29, 1.82) is 0 Å². The van der Waals surface area contributed by atoms with Crippen molar-refractivity contribution in [1.82, 2.24) is 9.55 Å². The summed E-state index contributed by atoms with van der Waals surface area (Å²) in [6.45, 7) is 11.3.